The molecule has 2 aromatic rings. The number of hydrogen-bond acceptors (Lipinski definition) is 4. The molecule has 92 valence electrons. The van der Waals surface area contributed by atoms with Crippen LogP contribution in [0.4, 0.5) is 17.2 Å². The first kappa shape index (κ1) is 11.9. The molecule has 0 radical (unpaired) electrons. The Hall–Kier alpha value is -2.56. The zero-order chi connectivity index (χ0) is 13.1. The first-order chi connectivity index (χ1) is 8.56. The molecule has 5 nitrogen and oxygen atoms in total. The van der Waals surface area contributed by atoms with Gasteiger partial charge in [0.2, 0.25) is 0 Å². The Morgan fingerprint density at radius 3 is 2.83 bits per heavy atom. The van der Waals surface area contributed by atoms with Gasteiger partial charge in [0, 0.05) is 11.4 Å². The summed E-state index contributed by atoms with van der Waals surface area (Å²) in [4.78, 5) is 15.1. The van der Waals surface area contributed by atoms with E-state index in [-0.39, 0.29) is 5.56 Å². The minimum atomic E-state index is -0.969. The van der Waals surface area contributed by atoms with Gasteiger partial charge in [0.25, 0.3) is 0 Å². The third-order valence-corrected chi connectivity index (χ3v) is 2.44. The number of rotatable bonds is 3. The number of aromatic nitrogens is 1. The maximum absolute atomic E-state index is 10.9. The molecule has 0 atom stereocenters. The molecule has 0 aliphatic rings. The van der Waals surface area contributed by atoms with Gasteiger partial charge in [-0.25, -0.2) is 9.78 Å². The van der Waals surface area contributed by atoms with Crippen molar-refractivity contribution in [1.82, 2.24) is 4.98 Å². The zero-order valence-electron chi connectivity index (χ0n) is 9.84. The number of nitrogens with one attached hydrogen (secondary N) is 1. The molecule has 1 heterocycles. The Morgan fingerprint density at radius 2 is 2.11 bits per heavy atom. The SMILES string of the molecule is Cc1ccc(N)c(Nc2cccc(C(=O)O)c2)n1. The lowest BCUT2D eigenvalue weighted by Gasteiger charge is -2.09. The van der Waals surface area contributed by atoms with E-state index >= 15 is 0 Å². The van der Waals surface area contributed by atoms with Crippen LogP contribution < -0.4 is 11.1 Å². The second-order valence-electron chi connectivity index (χ2n) is 3.90. The summed E-state index contributed by atoms with van der Waals surface area (Å²) >= 11 is 0. The number of benzene rings is 1. The van der Waals surface area contributed by atoms with Crippen molar-refractivity contribution in [2.45, 2.75) is 6.92 Å². The highest BCUT2D eigenvalue weighted by molar-refractivity contribution is 5.89. The van der Waals surface area contributed by atoms with Crippen LogP contribution in [-0.2, 0) is 0 Å². The Bertz CT molecular complexity index is 597. The van der Waals surface area contributed by atoms with Gasteiger partial charge >= 0.3 is 5.97 Å². The van der Waals surface area contributed by atoms with Gasteiger partial charge in [-0.2, -0.15) is 0 Å². The summed E-state index contributed by atoms with van der Waals surface area (Å²) in [6.07, 6.45) is 0. The highest BCUT2D eigenvalue weighted by Gasteiger charge is 2.05. The minimum absolute atomic E-state index is 0.214. The summed E-state index contributed by atoms with van der Waals surface area (Å²) in [5, 5.41) is 11.9. The number of pyridine rings is 1. The molecule has 2 rings (SSSR count). The summed E-state index contributed by atoms with van der Waals surface area (Å²) in [6.45, 7) is 1.86. The molecule has 0 saturated heterocycles. The monoisotopic (exact) mass is 243 g/mol. The summed E-state index contributed by atoms with van der Waals surface area (Å²) in [6, 6.07) is 10.1. The third kappa shape index (κ3) is 2.57. The molecule has 5 heteroatoms. The molecular formula is C13H13N3O2. The number of aryl methyl sites for hydroxylation is 1. The van der Waals surface area contributed by atoms with Gasteiger partial charge in [-0.15, -0.1) is 0 Å². The van der Waals surface area contributed by atoms with Crippen molar-refractivity contribution in [3.8, 4) is 0 Å². The smallest absolute Gasteiger partial charge is 0.335 e. The lowest BCUT2D eigenvalue weighted by Crippen LogP contribution is -2.02. The van der Waals surface area contributed by atoms with Gasteiger partial charge in [0.05, 0.1) is 11.3 Å². The van der Waals surface area contributed by atoms with E-state index in [0.29, 0.717) is 17.2 Å². The molecule has 0 saturated carbocycles. The number of hydrogen-bond donors (Lipinski definition) is 3. The Balaban J connectivity index is 2.31. The van der Waals surface area contributed by atoms with Gasteiger partial charge in [0.1, 0.15) is 0 Å². The summed E-state index contributed by atoms with van der Waals surface area (Å²) in [5.41, 5.74) is 8.00. The highest BCUT2D eigenvalue weighted by Crippen LogP contribution is 2.21. The van der Waals surface area contributed by atoms with Gasteiger partial charge in [-0.3, -0.25) is 0 Å². The van der Waals surface area contributed by atoms with Crippen molar-refractivity contribution >= 4 is 23.2 Å². The summed E-state index contributed by atoms with van der Waals surface area (Å²) < 4.78 is 0. The normalized spacial score (nSPS) is 10.1. The third-order valence-electron chi connectivity index (χ3n) is 2.44. The summed E-state index contributed by atoms with van der Waals surface area (Å²) in [7, 11) is 0. The predicted octanol–water partition coefficient (Wildman–Crippen LogP) is 2.41. The van der Waals surface area contributed by atoms with Crippen molar-refractivity contribution in [2.75, 3.05) is 11.1 Å². The fraction of sp³-hybridized carbons (Fsp3) is 0.0769. The van der Waals surface area contributed by atoms with Crippen LogP contribution in [0, 0.1) is 6.92 Å². The van der Waals surface area contributed by atoms with Gasteiger partial charge in [-0.05, 0) is 37.3 Å². The fourth-order valence-electron chi connectivity index (χ4n) is 1.53. The first-order valence-corrected chi connectivity index (χ1v) is 5.40. The molecule has 0 spiro atoms. The van der Waals surface area contributed by atoms with Crippen LogP contribution in [-0.4, -0.2) is 16.1 Å². The van der Waals surface area contributed by atoms with Gasteiger partial charge in [-0.1, -0.05) is 6.07 Å². The minimum Gasteiger partial charge on any atom is -0.478 e. The molecule has 4 N–H and O–H groups in total. The van der Waals surface area contributed by atoms with E-state index in [4.69, 9.17) is 10.8 Å². The number of nitrogens with two attached hydrogens (primary N) is 1. The number of anilines is 3. The van der Waals surface area contributed by atoms with Crippen molar-refractivity contribution in [1.29, 1.82) is 0 Å². The largest absolute Gasteiger partial charge is 0.478 e. The van der Waals surface area contributed by atoms with E-state index in [2.05, 4.69) is 10.3 Å². The molecule has 0 unspecified atom stereocenters. The molecule has 1 aromatic heterocycles. The number of nitrogens with zero attached hydrogens (tertiary/aromatic N) is 1. The topological polar surface area (TPSA) is 88.2 Å². The number of nitrogen functional groups attached to an aromatic ring is 1. The number of carboxylic acid groups (broad SMARTS) is 1. The van der Waals surface area contributed by atoms with E-state index in [1.54, 1.807) is 18.2 Å². The van der Waals surface area contributed by atoms with Crippen LogP contribution in [0.1, 0.15) is 16.1 Å². The van der Waals surface area contributed by atoms with Crippen LogP contribution in [0.5, 0.6) is 0 Å². The van der Waals surface area contributed by atoms with Crippen molar-refractivity contribution in [2.24, 2.45) is 0 Å². The Morgan fingerprint density at radius 1 is 1.33 bits per heavy atom. The maximum Gasteiger partial charge on any atom is 0.335 e. The van der Waals surface area contributed by atoms with Crippen LogP contribution in [0.3, 0.4) is 0 Å². The van der Waals surface area contributed by atoms with Crippen molar-refractivity contribution < 1.29 is 9.90 Å². The van der Waals surface area contributed by atoms with Crippen LogP contribution in [0.25, 0.3) is 0 Å². The molecular weight excluding hydrogens is 230 g/mol. The van der Waals surface area contributed by atoms with Crippen LogP contribution in [0.15, 0.2) is 36.4 Å². The predicted molar refractivity (Wildman–Crippen MR) is 70.1 cm³/mol. The Kier molecular flexibility index (Phi) is 3.14. The molecule has 0 fully saturated rings. The van der Waals surface area contributed by atoms with Gasteiger partial charge < -0.3 is 16.2 Å². The van der Waals surface area contributed by atoms with Crippen molar-refractivity contribution in [3.05, 3.63) is 47.7 Å². The van der Waals surface area contributed by atoms with Crippen LogP contribution in [0.2, 0.25) is 0 Å². The van der Waals surface area contributed by atoms with E-state index in [1.807, 2.05) is 13.0 Å². The van der Waals surface area contributed by atoms with E-state index in [9.17, 15) is 4.79 Å². The molecule has 18 heavy (non-hydrogen) atoms. The zero-order valence-corrected chi connectivity index (χ0v) is 9.84. The van der Waals surface area contributed by atoms with Gasteiger partial charge in [0.15, 0.2) is 5.82 Å². The lowest BCUT2D eigenvalue weighted by molar-refractivity contribution is 0.0697. The molecule has 0 amide bonds. The summed E-state index contributed by atoms with van der Waals surface area (Å²) in [5.74, 6) is -0.443. The standard InChI is InChI=1S/C13H13N3O2/c1-8-5-6-11(14)12(15-8)16-10-4-2-3-9(7-10)13(17)18/h2-7H,14H2,1H3,(H,15,16)(H,17,18). The fourth-order valence-corrected chi connectivity index (χ4v) is 1.53. The average Bonchev–Trinajstić information content (AvgIpc) is 2.34. The molecule has 0 aliphatic heterocycles. The maximum atomic E-state index is 10.9. The highest BCUT2D eigenvalue weighted by atomic mass is 16.4. The number of carboxylic acids is 1. The second kappa shape index (κ2) is 4.75. The van der Waals surface area contributed by atoms with E-state index in [1.165, 1.54) is 12.1 Å². The van der Waals surface area contributed by atoms with E-state index in [0.717, 1.165) is 5.69 Å². The molecule has 0 aliphatic carbocycles. The average molecular weight is 243 g/mol. The van der Waals surface area contributed by atoms with E-state index < -0.39 is 5.97 Å². The Labute approximate surface area is 104 Å². The molecule has 0 bridgehead atoms. The van der Waals surface area contributed by atoms with Crippen LogP contribution >= 0.6 is 0 Å². The quantitative estimate of drug-likeness (QED) is 0.770. The lowest BCUT2D eigenvalue weighted by atomic mass is 10.2. The second-order valence-corrected chi connectivity index (χ2v) is 3.90. The number of carbonyl (C=O) groups is 1. The molecule has 1 aromatic carbocycles. The number of aromatic carboxylic acids is 1. The first-order valence-electron chi connectivity index (χ1n) is 5.40. The van der Waals surface area contributed by atoms with Crippen molar-refractivity contribution in [3.63, 3.8) is 0 Å².